The first-order valence-corrected chi connectivity index (χ1v) is 7.26. The maximum atomic E-state index is 5.06. The zero-order valence-electron chi connectivity index (χ0n) is 12.8. The van der Waals surface area contributed by atoms with Gasteiger partial charge in [-0.15, -0.1) is 0 Å². The molecule has 0 radical (unpaired) electrons. The van der Waals surface area contributed by atoms with Gasteiger partial charge in [-0.2, -0.15) is 0 Å². The molecule has 2 aliphatic rings. The summed E-state index contributed by atoms with van der Waals surface area (Å²) < 4.78 is 5.06. The highest BCUT2D eigenvalue weighted by Gasteiger charge is 2.05. The number of nitrogens with one attached hydrogen (secondary N) is 1. The molecule has 2 heterocycles. The molecule has 1 unspecified atom stereocenters. The Bertz CT molecular complexity index is 160. The van der Waals surface area contributed by atoms with Crippen molar-refractivity contribution in [2.45, 2.75) is 66.8 Å². The topological polar surface area (TPSA) is 21.3 Å². The fourth-order valence-corrected chi connectivity index (χ4v) is 1.48. The van der Waals surface area contributed by atoms with E-state index in [2.05, 4.69) is 25.2 Å². The van der Waals surface area contributed by atoms with Gasteiger partial charge >= 0.3 is 0 Å². The van der Waals surface area contributed by atoms with Crippen LogP contribution in [0.2, 0.25) is 0 Å². The van der Waals surface area contributed by atoms with Gasteiger partial charge in [-0.1, -0.05) is 39.3 Å². The molecule has 2 nitrogen and oxygen atoms in total. The maximum absolute atomic E-state index is 5.06. The quantitative estimate of drug-likeness (QED) is 0.645. The van der Waals surface area contributed by atoms with Crippen LogP contribution in [0.3, 0.4) is 0 Å². The standard InChI is InChI=1S/C6H10O.C5H11N.2C2H6/c1-6-2-4-7-5-3-6;1-5-3-2-4-6-5;2*1-2/h2H,3-5H2,1H3;5-6H,2-4H2,1H3;2*1-2H3. The summed E-state index contributed by atoms with van der Waals surface area (Å²) in [6.07, 6.45) is 6.00. The lowest BCUT2D eigenvalue weighted by Gasteiger charge is -2.07. The van der Waals surface area contributed by atoms with E-state index in [1.807, 2.05) is 27.7 Å². The fourth-order valence-electron chi connectivity index (χ4n) is 1.48. The fraction of sp³-hybridized carbons (Fsp3) is 0.867. The molecule has 2 rings (SSSR count). The second kappa shape index (κ2) is 15.7. The van der Waals surface area contributed by atoms with Crippen molar-refractivity contribution >= 4 is 0 Å². The van der Waals surface area contributed by atoms with Gasteiger partial charge in [-0.25, -0.2) is 0 Å². The average molecular weight is 243 g/mol. The Labute approximate surface area is 109 Å². The Balaban J connectivity index is 0. The van der Waals surface area contributed by atoms with Gasteiger partial charge in [0, 0.05) is 6.04 Å². The Morgan fingerprint density at radius 3 is 2.06 bits per heavy atom. The van der Waals surface area contributed by atoms with Gasteiger partial charge in [0.05, 0.1) is 13.2 Å². The molecule has 0 aromatic carbocycles. The van der Waals surface area contributed by atoms with Crippen LogP contribution in [-0.2, 0) is 4.74 Å². The van der Waals surface area contributed by atoms with Crippen LogP contribution < -0.4 is 5.32 Å². The molecule has 0 saturated carbocycles. The van der Waals surface area contributed by atoms with E-state index in [4.69, 9.17) is 4.74 Å². The zero-order valence-corrected chi connectivity index (χ0v) is 12.8. The van der Waals surface area contributed by atoms with Crippen molar-refractivity contribution in [1.29, 1.82) is 0 Å². The minimum Gasteiger partial charge on any atom is -0.377 e. The molecule has 2 heteroatoms. The SMILES string of the molecule is CC.CC.CC1=CCOCC1.CC1CCCN1. The van der Waals surface area contributed by atoms with Crippen LogP contribution in [0.5, 0.6) is 0 Å². The van der Waals surface area contributed by atoms with E-state index in [9.17, 15) is 0 Å². The molecule has 0 spiro atoms. The molecular formula is C15H33NO. The van der Waals surface area contributed by atoms with Crippen molar-refractivity contribution in [3.8, 4) is 0 Å². The normalized spacial score (nSPS) is 21.8. The van der Waals surface area contributed by atoms with Crippen LogP contribution in [0, 0.1) is 0 Å². The Kier molecular flexibility index (Phi) is 17.5. The van der Waals surface area contributed by atoms with Gasteiger partial charge in [0.15, 0.2) is 0 Å². The van der Waals surface area contributed by atoms with E-state index in [0.29, 0.717) is 0 Å². The van der Waals surface area contributed by atoms with Gasteiger partial charge in [0.2, 0.25) is 0 Å². The van der Waals surface area contributed by atoms with Crippen molar-refractivity contribution in [3.05, 3.63) is 11.6 Å². The first-order chi connectivity index (χ1) is 8.29. The third-order valence-corrected chi connectivity index (χ3v) is 2.50. The molecule has 0 aromatic rings. The van der Waals surface area contributed by atoms with E-state index in [-0.39, 0.29) is 0 Å². The van der Waals surface area contributed by atoms with Crippen molar-refractivity contribution in [2.24, 2.45) is 0 Å². The smallest absolute Gasteiger partial charge is 0.0650 e. The summed E-state index contributed by atoms with van der Waals surface area (Å²) >= 11 is 0. The minimum atomic E-state index is 0.796. The summed E-state index contributed by atoms with van der Waals surface area (Å²) in [6.45, 7) is 15.4. The van der Waals surface area contributed by atoms with E-state index in [1.54, 1.807) is 0 Å². The van der Waals surface area contributed by atoms with Crippen LogP contribution in [-0.4, -0.2) is 25.8 Å². The average Bonchev–Trinajstić information content (AvgIpc) is 2.87. The molecule has 0 amide bonds. The number of hydrogen-bond acceptors (Lipinski definition) is 2. The summed E-state index contributed by atoms with van der Waals surface area (Å²) in [5.41, 5.74) is 1.46. The van der Waals surface area contributed by atoms with Crippen LogP contribution in [0.4, 0.5) is 0 Å². The van der Waals surface area contributed by atoms with Gasteiger partial charge in [-0.05, 0) is 39.7 Å². The molecule has 0 bridgehead atoms. The van der Waals surface area contributed by atoms with Crippen LogP contribution in [0.1, 0.15) is 60.8 Å². The zero-order chi connectivity index (χ0) is 13.5. The van der Waals surface area contributed by atoms with E-state index >= 15 is 0 Å². The lowest BCUT2D eigenvalue weighted by atomic mass is 10.2. The van der Waals surface area contributed by atoms with Crippen molar-refractivity contribution in [1.82, 2.24) is 5.32 Å². The summed E-state index contributed by atoms with van der Waals surface area (Å²) in [4.78, 5) is 0. The number of hydrogen-bond donors (Lipinski definition) is 1. The summed E-state index contributed by atoms with van der Waals surface area (Å²) in [7, 11) is 0. The highest BCUT2D eigenvalue weighted by Crippen LogP contribution is 2.04. The third kappa shape index (κ3) is 13.6. The maximum Gasteiger partial charge on any atom is 0.0650 e. The molecule has 1 fully saturated rings. The first kappa shape index (κ1) is 19.0. The summed E-state index contributed by atoms with van der Waals surface area (Å²) in [6, 6.07) is 0.796. The molecule has 1 N–H and O–H groups in total. The molecule has 104 valence electrons. The third-order valence-electron chi connectivity index (χ3n) is 2.50. The predicted octanol–water partition coefficient (Wildman–Crippen LogP) is 4.16. The van der Waals surface area contributed by atoms with Crippen molar-refractivity contribution < 1.29 is 4.74 Å². The monoisotopic (exact) mass is 243 g/mol. The second-order valence-electron chi connectivity index (χ2n) is 3.87. The van der Waals surface area contributed by atoms with E-state index < -0.39 is 0 Å². The lowest BCUT2D eigenvalue weighted by Crippen LogP contribution is -2.16. The van der Waals surface area contributed by atoms with Crippen molar-refractivity contribution in [2.75, 3.05) is 19.8 Å². The van der Waals surface area contributed by atoms with Gasteiger partial charge in [-0.3, -0.25) is 0 Å². The van der Waals surface area contributed by atoms with Gasteiger partial charge in [0.1, 0.15) is 0 Å². The number of ether oxygens (including phenoxy) is 1. The molecule has 0 aliphatic carbocycles. The molecule has 0 aromatic heterocycles. The molecule has 17 heavy (non-hydrogen) atoms. The largest absolute Gasteiger partial charge is 0.377 e. The Hall–Kier alpha value is -0.340. The predicted molar refractivity (Wildman–Crippen MR) is 78.6 cm³/mol. The molecule has 1 saturated heterocycles. The second-order valence-corrected chi connectivity index (χ2v) is 3.87. The highest BCUT2D eigenvalue weighted by molar-refractivity contribution is 4.99. The summed E-state index contributed by atoms with van der Waals surface area (Å²) in [5, 5.41) is 3.32. The van der Waals surface area contributed by atoms with Gasteiger partial charge < -0.3 is 10.1 Å². The number of rotatable bonds is 0. The molecule has 1 atom stereocenters. The van der Waals surface area contributed by atoms with Crippen LogP contribution >= 0.6 is 0 Å². The Morgan fingerprint density at radius 1 is 1.24 bits per heavy atom. The van der Waals surface area contributed by atoms with Crippen LogP contribution in [0.15, 0.2) is 11.6 Å². The van der Waals surface area contributed by atoms with E-state index in [0.717, 1.165) is 25.7 Å². The minimum absolute atomic E-state index is 0.796. The lowest BCUT2D eigenvalue weighted by molar-refractivity contribution is 0.154. The van der Waals surface area contributed by atoms with Crippen LogP contribution in [0.25, 0.3) is 0 Å². The van der Waals surface area contributed by atoms with E-state index in [1.165, 1.54) is 25.0 Å². The van der Waals surface area contributed by atoms with Crippen molar-refractivity contribution in [3.63, 3.8) is 0 Å². The Morgan fingerprint density at radius 2 is 1.88 bits per heavy atom. The highest BCUT2D eigenvalue weighted by atomic mass is 16.5. The first-order valence-electron chi connectivity index (χ1n) is 7.26. The molecule has 2 aliphatic heterocycles. The molecular weight excluding hydrogens is 210 g/mol. The van der Waals surface area contributed by atoms with Gasteiger partial charge in [0.25, 0.3) is 0 Å². The summed E-state index contributed by atoms with van der Waals surface area (Å²) in [5.74, 6) is 0.